The Bertz CT molecular complexity index is 1430. The molecular formula is C35H51F3N4O3S. The number of alkyl halides is 3. The van der Waals surface area contributed by atoms with E-state index in [0.717, 1.165) is 44.1 Å². The molecule has 3 aliphatic rings. The van der Waals surface area contributed by atoms with Crippen LogP contribution in [0, 0.1) is 24.2 Å². The smallest absolute Gasteiger partial charge is 0.339 e. The highest BCUT2D eigenvalue weighted by Crippen LogP contribution is 2.52. The van der Waals surface area contributed by atoms with Crippen molar-refractivity contribution in [2.45, 2.75) is 122 Å². The maximum Gasteiger partial charge on any atom is 0.435 e. The third-order valence-electron chi connectivity index (χ3n) is 11.1. The molecule has 1 amide bonds. The van der Waals surface area contributed by atoms with E-state index in [9.17, 15) is 26.4 Å². The zero-order valence-electron chi connectivity index (χ0n) is 27.7. The standard InChI is InChI=1S/C35H51F3N4O3S/c1-4-40(5-2)33(43)31-30-24-29(27-18-22-41(23-19-27)46(44,45)28-16-14-26(3)15-17-28)34(25-42(30)39-32(31)35(36,37)38)20-12-10-8-6-7-9-11-13-21-34/h14-17,27,29H,4-13,18-25H2,1-3H3. The van der Waals surface area contributed by atoms with Gasteiger partial charge in [-0.2, -0.15) is 22.6 Å². The first-order valence-corrected chi connectivity index (χ1v) is 18.9. The van der Waals surface area contributed by atoms with Crippen LogP contribution in [-0.4, -0.2) is 59.5 Å². The molecule has 0 N–H and O–H groups in total. The second kappa shape index (κ2) is 14.4. The van der Waals surface area contributed by atoms with Crippen LogP contribution in [0.25, 0.3) is 0 Å². The van der Waals surface area contributed by atoms with E-state index in [1.165, 1.54) is 30.6 Å². The van der Waals surface area contributed by atoms with E-state index in [4.69, 9.17) is 0 Å². The van der Waals surface area contributed by atoms with Crippen molar-refractivity contribution in [3.05, 3.63) is 46.8 Å². The Balaban J connectivity index is 1.51. The number of hydrogen-bond donors (Lipinski definition) is 0. The number of hydrogen-bond acceptors (Lipinski definition) is 4. The molecule has 0 bridgehead atoms. The lowest BCUT2D eigenvalue weighted by Gasteiger charge is -2.50. The zero-order valence-corrected chi connectivity index (χ0v) is 28.6. The molecule has 1 saturated carbocycles. The lowest BCUT2D eigenvalue weighted by molar-refractivity contribution is -0.142. The second-order valence-electron chi connectivity index (χ2n) is 13.9. The summed E-state index contributed by atoms with van der Waals surface area (Å²) in [7, 11) is -3.64. The van der Waals surface area contributed by atoms with Gasteiger partial charge in [0.15, 0.2) is 5.69 Å². The summed E-state index contributed by atoms with van der Waals surface area (Å²) >= 11 is 0. The molecule has 7 nitrogen and oxygen atoms in total. The summed E-state index contributed by atoms with van der Waals surface area (Å²) in [5.74, 6) is -0.412. The van der Waals surface area contributed by atoms with Gasteiger partial charge in [0.1, 0.15) is 0 Å². The molecule has 11 heteroatoms. The van der Waals surface area contributed by atoms with Crippen LogP contribution in [0.1, 0.15) is 118 Å². The number of aryl methyl sites for hydroxylation is 1. The fourth-order valence-corrected chi connectivity index (χ4v) is 9.95. The largest absolute Gasteiger partial charge is 0.435 e. The van der Waals surface area contributed by atoms with Crippen molar-refractivity contribution in [1.29, 1.82) is 0 Å². The van der Waals surface area contributed by atoms with E-state index >= 15 is 0 Å². The maximum atomic E-state index is 14.5. The minimum atomic E-state index is -4.74. The quantitative estimate of drug-likeness (QED) is 0.315. The van der Waals surface area contributed by atoms with Crippen molar-refractivity contribution in [3.8, 4) is 0 Å². The highest BCUT2D eigenvalue weighted by molar-refractivity contribution is 7.89. The van der Waals surface area contributed by atoms with Crippen molar-refractivity contribution in [2.24, 2.45) is 17.3 Å². The van der Waals surface area contributed by atoms with Crippen molar-refractivity contribution < 1.29 is 26.4 Å². The van der Waals surface area contributed by atoms with E-state index in [1.807, 2.05) is 19.1 Å². The van der Waals surface area contributed by atoms with Gasteiger partial charge in [-0.15, -0.1) is 0 Å². The van der Waals surface area contributed by atoms with Gasteiger partial charge in [-0.3, -0.25) is 9.48 Å². The topological polar surface area (TPSA) is 75.5 Å². The normalized spacial score (nSPS) is 22.3. The number of halogens is 3. The molecule has 2 aromatic rings. The Morgan fingerprint density at radius 2 is 1.48 bits per heavy atom. The monoisotopic (exact) mass is 664 g/mol. The van der Waals surface area contributed by atoms with Gasteiger partial charge in [-0.1, -0.05) is 69.1 Å². The Hall–Kier alpha value is -2.40. The van der Waals surface area contributed by atoms with Gasteiger partial charge in [0.2, 0.25) is 10.0 Å². The summed E-state index contributed by atoms with van der Waals surface area (Å²) in [5.41, 5.74) is -0.194. The molecule has 0 radical (unpaired) electrons. The molecule has 1 aromatic carbocycles. The van der Waals surface area contributed by atoms with Crippen LogP contribution in [0.3, 0.4) is 0 Å². The molecule has 1 unspecified atom stereocenters. The number of amides is 1. The van der Waals surface area contributed by atoms with Gasteiger partial charge in [-0.25, -0.2) is 8.42 Å². The zero-order chi connectivity index (χ0) is 33.1. The summed E-state index contributed by atoms with van der Waals surface area (Å²) in [6.07, 6.45) is 7.78. The molecule has 1 aliphatic carbocycles. The molecule has 1 atom stereocenters. The first-order chi connectivity index (χ1) is 21.9. The van der Waals surface area contributed by atoms with E-state index in [-0.39, 0.29) is 27.7 Å². The number of rotatable bonds is 6. The van der Waals surface area contributed by atoms with Gasteiger partial charge in [-0.05, 0) is 82.3 Å². The molecule has 3 heterocycles. The highest BCUT2D eigenvalue weighted by atomic mass is 32.2. The van der Waals surface area contributed by atoms with Crippen LogP contribution >= 0.6 is 0 Å². The summed E-state index contributed by atoms with van der Waals surface area (Å²) < 4.78 is 73.7. The summed E-state index contributed by atoms with van der Waals surface area (Å²) in [6.45, 7) is 7.26. The van der Waals surface area contributed by atoms with Crippen molar-refractivity contribution in [1.82, 2.24) is 19.0 Å². The number of sulfonamides is 1. The van der Waals surface area contributed by atoms with Crippen molar-refractivity contribution in [3.63, 3.8) is 0 Å². The summed E-state index contributed by atoms with van der Waals surface area (Å²) in [6, 6.07) is 6.93. The number of fused-ring (bicyclic) bond motifs is 1. The lowest BCUT2D eigenvalue weighted by atomic mass is 9.59. The number of benzene rings is 1. The minimum Gasteiger partial charge on any atom is -0.339 e. The molecule has 2 aliphatic heterocycles. The molecule has 1 aromatic heterocycles. The Kier molecular flexibility index (Phi) is 10.9. The third kappa shape index (κ3) is 7.20. The van der Waals surface area contributed by atoms with Crippen LogP contribution in [0.15, 0.2) is 29.2 Å². The van der Waals surface area contributed by atoms with Gasteiger partial charge in [0.05, 0.1) is 16.2 Å². The highest BCUT2D eigenvalue weighted by Gasteiger charge is 2.51. The average molecular weight is 665 g/mol. The van der Waals surface area contributed by atoms with Crippen LogP contribution in [0.4, 0.5) is 13.2 Å². The lowest BCUT2D eigenvalue weighted by Crippen LogP contribution is -2.49. The fourth-order valence-electron chi connectivity index (χ4n) is 8.48. The predicted octanol–water partition coefficient (Wildman–Crippen LogP) is 7.87. The number of aromatic nitrogens is 2. The third-order valence-corrected chi connectivity index (χ3v) is 13.0. The average Bonchev–Trinajstić information content (AvgIpc) is 3.38. The molecular weight excluding hydrogens is 613 g/mol. The van der Waals surface area contributed by atoms with Crippen LogP contribution < -0.4 is 0 Å². The van der Waals surface area contributed by atoms with Crippen molar-refractivity contribution in [2.75, 3.05) is 26.2 Å². The van der Waals surface area contributed by atoms with E-state index in [0.29, 0.717) is 57.7 Å². The van der Waals surface area contributed by atoms with Gasteiger partial charge >= 0.3 is 6.18 Å². The van der Waals surface area contributed by atoms with Crippen LogP contribution in [0.2, 0.25) is 0 Å². The Labute approximate surface area is 273 Å². The molecule has 2 fully saturated rings. The first-order valence-electron chi connectivity index (χ1n) is 17.4. The molecule has 256 valence electrons. The molecule has 1 saturated heterocycles. The summed E-state index contributed by atoms with van der Waals surface area (Å²) in [4.78, 5) is 15.4. The first kappa shape index (κ1) is 34.9. The van der Waals surface area contributed by atoms with Crippen molar-refractivity contribution >= 4 is 15.9 Å². The van der Waals surface area contributed by atoms with E-state index < -0.39 is 27.8 Å². The van der Waals surface area contributed by atoms with Crippen LogP contribution in [0.5, 0.6) is 0 Å². The van der Waals surface area contributed by atoms with E-state index in [1.54, 1.807) is 35.0 Å². The Morgan fingerprint density at radius 1 is 0.935 bits per heavy atom. The van der Waals surface area contributed by atoms with Crippen LogP contribution in [-0.2, 0) is 29.2 Å². The maximum absolute atomic E-state index is 14.5. The number of piperidine rings is 1. The Morgan fingerprint density at radius 3 is 2.00 bits per heavy atom. The number of carbonyl (C=O) groups is 1. The van der Waals surface area contributed by atoms with Gasteiger partial charge in [0, 0.05) is 32.7 Å². The minimum absolute atomic E-state index is 0.0472. The van der Waals surface area contributed by atoms with Gasteiger partial charge < -0.3 is 4.90 Å². The molecule has 1 spiro atoms. The SMILES string of the molecule is CCN(CC)C(=O)c1c(C(F)(F)F)nn2c1CC(C1CCN(S(=O)(=O)c3ccc(C)cc3)CC1)C1(CCCCCCCCCC1)C2. The predicted molar refractivity (Wildman–Crippen MR) is 173 cm³/mol. The van der Waals surface area contributed by atoms with E-state index in [2.05, 4.69) is 5.10 Å². The molecule has 5 rings (SSSR count). The molecule has 46 heavy (non-hydrogen) atoms. The summed E-state index contributed by atoms with van der Waals surface area (Å²) in [5, 5.41) is 4.18. The second-order valence-corrected chi connectivity index (χ2v) is 15.8. The van der Waals surface area contributed by atoms with Gasteiger partial charge in [0.25, 0.3) is 5.91 Å². The fraction of sp³-hybridized carbons (Fsp3) is 0.714. The number of nitrogens with zero attached hydrogens (tertiary/aromatic N) is 4. The number of carbonyl (C=O) groups excluding carboxylic acids is 1.